The Morgan fingerprint density at radius 2 is 1.70 bits per heavy atom. The molecule has 1 aliphatic heterocycles. The first kappa shape index (κ1) is 17.1. The zero-order valence-corrected chi connectivity index (χ0v) is 14.7. The van der Waals surface area contributed by atoms with Crippen LogP contribution >= 0.6 is 0 Å². The molecular weight excluding hydrogens is 342 g/mol. The van der Waals surface area contributed by atoms with Crippen LogP contribution in [0, 0.1) is 0 Å². The maximum absolute atomic E-state index is 12.6. The van der Waals surface area contributed by atoms with Gasteiger partial charge in [-0.05, 0) is 28.5 Å². The van der Waals surface area contributed by atoms with E-state index < -0.39 is 0 Å². The zero-order valence-electron chi connectivity index (χ0n) is 14.7. The first-order valence-electron chi connectivity index (χ1n) is 8.87. The average molecular weight is 361 g/mol. The van der Waals surface area contributed by atoms with Crippen LogP contribution in [0.25, 0.3) is 10.8 Å². The van der Waals surface area contributed by atoms with E-state index in [0.717, 1.165) is 16.3 Å². The lowest BCUT2D eigenvalue weighted by molar-refractivity contribution is -0.121. The molecule has 1 amide bonds. The van der Waals surface area contributed by atoms with Crippen LogP contribution in [0.2, 0.25) is 0 Å². The Morgan fingerprint density at radius 3 is 2.63 bits per heavy atom. The molecule has 0 saturated carbocycles. The number of nitrogens with one attached hydrogen (secondary N) is 1. The minimum Gasteiger partial charge on any atom is -0.454 e. The van der Waals surface area contributed by atoms with E-state index in [1.807, 2.05) is 60.7 Å². The number of hydrogen-bond acceptors (Lipinski definition) is 4. The highest BCUT2D eigenvalue weighted by Gasteiger charge is 2.14. The summed E-state index contributed by atoms with van der Waals surface area (Å²) in [5.41, 5.74) is 1.59. The van der Waals surface area contributed by atoms with Gasteiger partial charge in [-0.25, -0.2) is 0 Å². The quantitative estimate of drug-likeness (QED) is 0.678. The molecule has 0 spiro atoms. The van der Waals surface area contributed by atoms with Crippen LogP contribution < -0.4 is 14.8 Å². The van der Waals surface area contributed by atoms with Gasteiger partial charge in [-0.1, -0.05) is 48.5 Å². The summed E-state index contributed by atoms with van der Waals surface area (Å²) < 4.78 is 10.6. The first-order valence-corrected chi connectivity index (χ1v) is 8.87. The summed E-state index contributed by atoms with van der Waals surface area (Å²) in [5, 5.41) is 4.79. The monoisotopic (exact) mass is 361 g/mol. The third-order valence-electron chi connectivity index (χ3n) is 4.60. The number of hydrogen-bond donors (Lipinski definition) is 1. The van der Waals surface area contributed by atoms with E-state index in [4.69, 9.17) is 9.47 Å². The van der Waals surface area contributed by atoms with E-state index in [1.54, 1.807) is 0 Å². The number of carbonyl (C=O) groups is 2. The van der Waals surface area contributed by atoms with Gasteiger partial charge < -0.3 is 14.8 Å². The Balaban J connectivity index is 1.33. The van der Waals surface area contributed by atoms with Gasteiger partial charge in [-0.3, -0.25) is 9.59 Å². The largest absolute Gasteiger partial charge is 0.454 e. The second-order valence-corrected chi connectivity index (χ2v) is 6.41. The lowest BCUT2D eigenvalue weighted by Crippen LogP contribution is -2.23. The lowest BCUT2D eigenvalue weighted by Gasteiger charge is -2.07. The molecular formula is C22H19NO4. The molecule has 0 unspecified atom stereocenters. The van der Waals surface area contributed by atoms with Gasteiger partial charge in [0.25, 0.3) is 0 Å². The van der Waals surface area contributed by atoms with E-state index in [-0.39, 0.29) is 31.3 Å². The van der Waals surface area contributed by atoms with Gasteiger partial charge in [0.05, 0.1) is 0 Å². The zero-order chi connectivity index (χ0) is 18.6. The molecule has 4 rings (SSSR count). The third kappa shape index (κ3) is 3.77. The SMILES string of the molecule is O=C(CCC(=O)c1cccc2ccccc12)NCc1ccc2c(c1)OCO2. The van der Waals surface area contributed by atoms with Crippen molar-refractivity contribution >= 4 is 22.5 Å². The van der Waals surface area contributed by atoms with Crippen molar-refractivity contribution in [2.24, 2.45) is 0 Å². The highest BCUT2D eigenvalue weighted by Crippen LogP contribution is 2.32. The molecule has 0 saturated heterocycles. The maximum atomic E-state index is 12.6. The number of fused-ring (bicyclic) bond motifs is 2. The van der Waals surface area contributed by atoms with Crippen LogP contribution in [0.5, 0.6) is 11.5 Å². The molecule has 0 radical (unpaired) electrons. The molecule has 3 aromatic carbocycles. The van der Waals surface area contributed by atoms with Crippen molar-refractivity contribution in [1.82, 2.24) is 5.32 Å². The summed E-state index contributed by atoms with van der Waals surface area (Å²) in [4.78, 5) is 24.7. The van der Waals surface area contributed by atoms with Gasteiger partial charge in [-0.2, -0.15) is 0 Å². The van der Waals surface area contributed by atoms with Crippen molar-refractivity contribution in [3.63, 3.8) is 0 Å². The molecule has 136 valence electrons. The summed E-state index contributed by atoms with van der Waals surface area (Å²) in [6.07, 6.45) is 0.341. The fraction of sp³-hybridized carbons (Fsp3) is 0.182. The molecule has 0 bridgehead atoms. The van der Waals surface area contributed by atoms with Crippen molar-refractivity contribution in [3.05, 3.63) is 71.8 Å². The van der Waals surface area contributed by atoms with Gasteiger partial charge in [0.1, 0.15) is 0 Å². The second-order valence-electron chi connectivity index (χ2n) is 6.41. The van der Waals surface area contributed by atoms with Crippen LogP contribution in [0.4, 0.5) is 0 Å². The standard InChI is InChI=1S/C22H19NO4/c24-19(18-7-3-5-16-4-1-2-6-17(16)18)9-11-22(25)23-13-15-8-10-20-21(12-15)27-14-26-20/h1-8,10,12H,9,11,13-14H2,(H,23,25). The molecule has 5 heteroatoms. The Labute approximate surface area is 156 Å². The molecule has 0 aliphatic carbocycles. The van der Waals surface area contributed by atoms with Crippen LogP contribution in [0.15, 0.2) is 60.7 Å². The van der Waals surface area contributed by atoms with E-state index in [0.29, 0.717) is 23.6 Å². The lowest BCUT2D eigenvalue weighted by atomic mass is 9.99. The molecule has 0 fully saturated rings. The topological polar surface area (TPSA) is 64.6 Å². The minimum atomic E-state index is -0.152. The highest BCUT2D eigenvalue weighted by atomic mass is 16.7. The minimum absolute atomic E-state index is 0.0231. The summed E-state index contributed by atoms with van der Waals surface area (Å²) in [5.74, 6) is 1.23. The number of carbonyl (C=O) groups excluding carboxylic acids is 2. The van der Waals surface area contributed by atoms with E-state index in [9.17, 15) is 9.59 Å². The van der Waals surface area contributed by atoms with Gasteiger partial charge in [0.15, 0.2) is 17.3 Å². The smallest absolute Gasteiger partial charge is 0.231 e. The third-order valence-corrected chi connectivity index (χ3v) is 4.60. The number of ketones is 1. The van der Waals surface area contributed by atoms with E-state index >= 15 is 0 Å². The molecule has 27 heavy (non-hydrogen) atoms. The molecule has 1 heterocycles. The average Bonchev–Trinajstić information content (AvgIpc) is 3.18. The molecule has 5 nitrogen and oxygen atoms in total. The Hall–Kier alpha value is -3.34. The summed E-state index contributed by atoms with van der Waals surface area (Å²) in [6, 6.07) is 19.0. The number of amides is 1. The summed E-state index contributed by atoms with van der Waals surface area (Å²) >= 11 is 0. The van der Waals surface area contributed by atoms with Crippen LogP contribution in [0.3, 0.4) is 0 Å². The highest BCUT2D eigenvalue weighted by molar-refractivity contribution is 6.08. The van der Waals surface area contributed by atoms with E-state index in [2.05, 4.69) is 5.32 Å². The van der Waals surface area contributed by atoms with Crippen molar-refractivity contribution in [3.8, 4) is 11.5 Å². The van der Waals surface area contributed by atoms with Gasteiger partial charge in [-0.15, -0.1) is 0 Å². The van der Waals surface area contributed by atoms with Crippen molar-refractivity contribution < 1.29 is 19.1 Å². The van der Waals surface area contributed by atoms with Crippen molar-refractivity contribution in [1.29, 1.82) is 0 Å². The molecule has 0 aromatic heterocycles. The van der Waals surface area contributed by atoms with Crippen LogP contribution in [-0.2, 0) is 11.3 Å². The molecule has 1 aliphatic rings. The number of benzene rings is 3. The first-order chi connectivity index (χ1) is 13.2. The van der Waals surface area contributed by atoms with Gasteiger partial charge in [0, 0.05) is 24.9 Å². The van der Waals surface area contributed by atoms with Gasteiger partial charge in [0.2, 0.25) is 12.7 Å². The fourth-order valence-electron chi connectivity index (χ4n) is 3.17. The maximum Gasteiger partial charge on any atom is 0.231 e. The number of rotatable bonds is 6. The Morgan fingerprint density at radius 1 is 0.889 bits per heavy atom. The van der Waals surface area contributed by atoms with Crippen molar-refractivity contribution in [2.45, 2.75) is 19.4 Å². The predicted molar refractivity (Wildman–Crippen MR) is 102 cm³/mol. The second kappa shape index (κ2) is 7.50. The summed E-state index contributed by atoms with van der Waals surface area (Å²) in [7, 11) is 0. The van der Waals surface area contributed by atoms with Gasteiger partial charge >= 0.3 is 0 Å². The number of Topliss-reactive ketones (excluding diaryl/α,β-unsaturated/α-hetero) is 1. The molecule has 1 N–H and O–H groups in total. The molecule has 3 aromatic rings. The molecule has 0 atom stereocenters. The van der Waals surface area contributed by atoms with Crippen LogP contribution in [0.1, 0.15) is 28.8 Å². The number of ether oxygens (including phenoxy) is 2. The predicted octanol–water partition coefficient (Wildman–Crippen LogP) is 3.85. The summed E-state index contributed by atoms with van der Waals surface area (Å²) in [6.45, 7) is 0.610. The van der Waals surface area contributed by atoms with E-state index in [1.165, 1.54) is 0 Å². The Kier molecular flexibility index (Phi) is 4.75. The fourth-order valence-corrected chi connectivity index (χ4v) is 3.17. The normalized spacial score (nSPS) is 12.1. The van der Waals surface area contributed by atoms with Crippen LogP contribution in [-0.4, -0.2) is 18.5 Å². The Bertz CT molecular complexity index is 1010. The van der Waals surface area contributed by atoms with Crippen molar-refractivity contribution in [2.75, 3.05) is 6.79 Å².